The molecule has 0 saturated heterocycles. The van der Waals surface area contributed by atoms with E-state index in [4.69, 9.17) is 11.6 Å². The van der Waals surface area contributed by atoms with E-state index in [2.05, 4.69) is 31.2 Å². The van der Waals surface area contributed by atoms with Crippen LogP contribution >= 0.6 is 11.6 Å². The van der Waals surface area contributed by atoms with Gasteiger partial charge in [-0.05, 0) is 36.1 Å². The SMILES string of the molecule is CCCCc1ccc(Cl)c(-c2ccccc2)c1. The molecule has 0 aliphatic rings. The van der Waals surface area contributed by atoms with Crippen LogP contribution in [0.3, 0.4) is 0 Å². The summed E-state index contributed by atoms with van der Waals surface area (Å²) in [4.78, 5) is 0. The number of unbranched alkanes of at least 4 members (excludes halogenated alkanes) is 1. The zero-order valence-electron chi connectivity index (χ0n) is 10.1. The van der Waals surface area contributed by atoms with Gasteiger partial charge in [0.05, 0.1) is 0 Å². The highest BCUT2D eigenvalue weighted by atomic mass is 35.5. The first-order valence-corrected chi connectivity index (χ1v) is 6.53. The first-order valence-electron chi connectivity index (χ1n) is 6.15. The number of aryl methyl sites for hydroxylation is 1. The highest BCUT2D eigenvalue weighted by molar-refractivity contribution is 6.33. The monoisotopic (exact) mass is 244 g/mol. The number of hydrogen-bond donors (Lipinski definition) is 0. The van der Waals surface area contributed by atoms with Gasteiger partial charge in [0.25, 0.3) is 0 Å². The predicted molar refractivity (Wildman–Crippen MR) is 75.5 cm³/mol. The fraction of sp³-hybridized carbons (Fsp3) is 0.250. The second-order valence-corrected chi connectivity index (χ2v) is 4.69. The first-order chi connectivity index (χ1) is 8.31. The van der Waals surface area contributed by atoms with Gasteiger partial charge in [-0.3, -0.25) is 0 Å². The van der Waals surface area contributed by atoms with Crippen LogP contribution in [0.2, 0.25) is 5.02 Å². The molecule has 0 unspecified atom stereocenters. The Balaban J connectivity index is 2.33. The molecule has 0 atom stereocenters. The van der Waals surface area contributed by atoms with Crippen molar-refractivity contribution >= 4 is 11.6 Å². The number of hydrogen-bond acceptors (Lipinski definition) is 0. The van der Waals surface area contributed by atoms with E-state index in [-0.39, 0.29) is 0 Å². The summed E-state index contributed by atoms with van der Waals surface area (Å²) < 4.78 is 0. The Kier molecular flexibility index (Phi) is 4.22. The quantitative estimate of drug-likeness (QED) is 0.680. The Morgan fingerprint density at radius 3 is 2.47 bits per heavy atom. The molecular weight excluding hydrogens is 228 g/mol. The zero-order chi connectivity index (χ0) is 12.1. The van der Waals surface area contributed by atoms with Crippen LogP contribution in [0.5, 0.6) is 0 Å². The van der Waals surface area contributed by atoms with Gasteiger partial charge in [-0.1, -0.05) is 61.3 Å². The molecule has 0 bridgehead atoms. The van der Waals surface area contributed by atoms with Crippen molar-refractivity contribution in [3.05, 3.63) is 59.1 Å². The Labute approximate surface area is 108 Å². The normalized spacial score (nSPS) is 10.5. The van der Waals surface area contributed by atoms with Crippen molar-refractivity contribution in [1.29, 1.82) is 0 Å². The van der Waals surface area contributed by atoms with Crippen molar-refractivity contribution in [3.8, 4) is 11.1 Å². The second kappa shape index (κ2) is 5.88. The molecule has 0 fully saturated rings. The van der Waals surface area contributed by atoms with Crippen LogP contribution in [0.15, 0.2) is 48.5 Å². The van der Waals surface area contributed by atoms with Crippen LogP contribution < -0.4 is 0 Å². The van der Waals surface area contributed by atoms with Crippen LogP contribution in [0.25, 0.3) is 11.1 Å². The molecule has 2 aromatic carbocycles. The van der Waals surface area contributed by atoms with Gasteiger partial charge < -0.3 is 0 Å². The van der Waals surface area contributed by atoms with Crippen molar-refractivity contribution in [2.45, 2.75) is 26.2 Å². The van der Waals surface area contributed by atoms with Crippen molar-refractivity contribution in [2.24, 2.45) is 0 Å². The lowest BCUT2D eigenvalue weighted by atomic mass is 10.0. The van der Waals surface area contributed by atoms with E-state index < -0.39 is 0 Å². The Morgan fingerprint density at radius 2 is 1.76 bits per heavy atom. The molecule has 0 amide bonds. The summed E-state index contributed by atoms with van der Waals surface area (Å²) in [5.41, 5.74) is 3.70. The van der Waals surface area contributed by atoms with Gasteiger partial charge >= 0.3 is 0 Å². The summed E-state index contributed by atoms with van der Waals surface area (Å²) in [6.07, 6.45) is 3.59. The smallest absolute Gasteiger partial charge is 0.0484 e. The van der Waals surface area contributed by atoms with Crippen molar-refractivity contribution < 1.29 is 0 Å². The van der Waals surface area contributed by atoms with E-state index in [1.807, 2.05) is 24.3 Å². The van der Waals surface area contributed by atoms with Gasteiger partial charge in [-0.2, -0.15) is 0 Å². The van der Waals surface area contributed by atoms with Gasteiger partial charge in [-0.25, -0.2) is 0 Å². The van der Waals surface area contributed by atoms with E-state index in [9.17, 15) is 0 Å². The molecular formula is C16H17Cl. The van der Waals surface area contributed by atoms with Crippen molar-refractivity contribution in [1.82, 2.24) is 0 Å². The lowest BCUT2D eigenvalue weighted by Crippen LogP contribution is -1.87. The molecule has 1 heteroatoms. The average molecular weight is 245 g/mol. The summed E-state index contributed by atoms with van der Waals surface area (Å²) in [6.45, 7) is 2.22. The Bertz CT molecular complexity index is 474. The van der Waals surface area contributed by atoms with E-state index in [0.29, 0.717) is 0 Å². The maximum Gasteiger partial charge on any atom is 0.0484 e. The fourth-order valence-corrected chi connectivity index (χ4v) is 2.17. The minimum absolute atomic E-state index is 0.830. The summed E-state index contributed by atoms with van der Waals surface area (Å²) >= 11 is 6.26. The first kappa shape index (κ1) is 12.2. The maximum atomic E-state index is 6.26. The number of benzene rings is 2. The van der Waals surface area contributed by atoms with Crippen LogP contribution in [0, 0.1) is 0 Å². The van der Waals surface area contributed by atoms with Crippen molar-refractivity contribution in [2.75, 3.05) is 0 Å². The van der Waals surface area contributed by atoms with Crippen LogP contribution in [-0.4, -0.2) is 0 Å². The summed E-state index contributed by atoms with van der Waals surface area (Å²) in [7, 11) is 0. The van der Waals surface area contributed by atoms with E-state index in [1.165, 1.54) is 24.0 Å². The number of halogens is 1. The molecule has 88 valence electrons. The van der Waals surface area contributed by atoms with Crippen LogP contribution in [0.1, 0.15) is 25.3 Å². The third-order valence-electron chi connectivity index (χ3n) is 2.93. The summed E-state index contributed by atoms with van der Waals surface area (Å²) in [6, 6.07) is 16.7. The predicted octanol–water partition coefficient (Wildman–Crippen LogP) is 5.35. The molecule has 0 radical (unpaired) electrons. The lowest BCUT2D eigenvalue weighted by molar-refractivity contribution is 0.795. The maximum absolute atomic E-state index is 6.26. The number of rotatable bonds is 4. The molecule has 0 aromatic heterocycles. The highest BCUT2D eigenvalue weighted by Gasteiger charge is 2.04. The van der Waals surface area contributed by atoms with Crippen LogP contribution in [0.4, 0.5) is 0 Å². The summed E-state index contributed by atoms with van der Waals surface area (Å²) in [5, 5.41) is 0.830. The van der Waals surface area contributed by atoms with Crippen LogP contribution in [-0.2, 0) is 6.42 Å². The highest BCUT2D eigenvalue weighted by Crippen LogP contribution is 2.29. The second-order valence-electron chi connectivity index (χ2n) is 4.28. The zero-order valence-corrected chi connectivity index (χ0v) is 10.9. The Morgan fingerprint density at radius 1 is 1.00 bits per heavy atom. The molecule has 0 spiro atoms. The average Bonchev–Trinajstić information content (AvgIpc) is 2.39. The van der Waals surface area contributed by atoms with Crippen molar-refractivity contribution in [3.63, 3.8) is 0 Å². The molecule has 17 heavy (non-hydrogen) atoms. The molecule has 2 rings (SSSR count). The van der Waals surface area contributed by atoms with E-state index in [0.717, 1.165) is 17.0 Å². The minimum atomic E-state index is 0.830. The fourth-order valence-electron chi connectivity index (χ4n) is 1.95. The lowest BCUT2D eigenvalue weighted by Gasteiger charge is -2.07. The van der Waals surface area contributed by atoms with Gasteiger partial charge in [0, 0.05) is 10.6 Å². The van der Waals surface area contributed by atoms with Gasteiger partial charge in [0.15, 0.2) is 0 Å². The molecule has 2 aromatic rings. The third kappa shape index (κ3) is 3.10. The molecule has 0 aliphatic heterocycles. The van der Waals surface area contributed by atoms with E-state index >= 15 is 0 Å². The summed E-state index contributed by atoms with van der Waals surface area (Å²) in [5.74, 6) is 0. The Hall–Kier alpha value is -1.27. The van der Waals surface area contributed by atoms with Gasteiger partial charge in [-0.15, -0.1) is 0 Å². The standard InChI is InChI=1S/C16H17Cl/c1-2-3-7-13-10-11-16(17)15(12-13)14-8-5-4-6-9-14/h4-6,8-12H,2-3,7H2,1H3. The molecule has 0 N–H and O–H groups in total. The molecule has 0 aliphatic carbocycles. The third-order valence-corrected chi connectivity index (χ3v) is 3.26. The van der Waals surface area contributed by atoms with E-state index in [1.54, 1.807) is 0 Å². The van der Waals surface area contributed by atoms with Gasteiger partial charge in [0.1, 0.15) is 0 Å². The topological polar surface area (TPSA) is 0 Å². The molecule has 0 nitrogen and oxygen atoms in total. The molecule has 0 heterocycles. The largest absolute Gasteiger partial charge is 0.0837 e. The minimum Gasteiger partial charge on any atom is -0.0837 e. The molecule has 0 saturated carbocycles. The van der Waals surface area contributed by atoms with Gasteiger partial charge in [0.2, 0.25) is 0 Å².